The van der Waals surface area contributed by atoms with Crippen LogP contribution in [-0.2, 0) is 11.3 Å². The third-order valence-electron chi connectivity index (χ3n) is 4.80. The van der Waals surface area contributed by atoms with Gasteiger partial charge in [0.2, 0.25) is 0 Å². The smallest absolute Gasteiger partial charge is 0.255 e. The Hall–Kier alpha value is -2.05. The van der Waals surface area contributed by atoms with Crippen molar-refractivity contribution in [3.8, 4) is 11.5 Å². The molecule has 0 aliphatic carbocycles. The van der Waals surface area contributed by atoms with Crippen LogP contribution >= 0.6 is 11.3 Å². The molecule has 1 saturated heterocycles. The van der Waals surface area contributed by atoms with Crippen molar-refractivity contribution in [1.29, 1.82) is 0 Å². The van der Waals surface area contributed by atoms with Gasteiger partial charge in [-0.3, -0.25) is 9.69 Å². The zero-order chi connectivity index (χ0) is 19.1. The summed E-state index contributed by atoms with van der Waals surface area (Å²) in [7, 11) is 0. The first-order valence-electron chi connectivity index (χ1n) is 9.61. The number of likely N-dealkylation sites (tertiary alicyclic amines) is 1. The van der Waals surface area contributed by atoms with Gasteiger partial charge in [0.15, 0.2) is 18.1 Å². The third kappa shape index (κ3) is 5.47. The Kier molecular flexibility index (Phi) is 7.12. The Morgan fingerprint density at radius 1 is 1.22 bits per heavy atom. The Labute approximate surface area is 165 Å². The summed E-state index contributed by atoms with van der Waals surface area (Å²) in [6, 6.07) is 10.8. The van der Waals surface area contributed by atoms with Crippen LogP contribution in [0.25, 0.3) is 0 Å². The molecule has 1 fully saturated rings. The molecule has 27 heavy (non-hydrogen) atoms. The highest BCUT2D eigenvalue weighted by atomic mass is 32.1. The quantitative estimate of drug-likeness (QED) is 0.738. The number of rotatable bonds is 8. The molecule has 1 amide bonds. The number of thiophene rings is 1. The second kappa shape index (κ2) is 9.76. The number of amides is 1. The van der Waals surface area contributed by atoms with Gasteiger partial charge in [-0.2, -0.15) is 0 Å². The molecule has 2 aromatic rings. The van der Waals surface area contributed by atoms with Crippen LogP contribution in [0.4, 0.5) is 0 Å². The maximum Gasteiger partial charge on any atom is 0.255 e. The molecule has 1 aromatic carbocycles. The average Bonchev–Trinajstić information content (AvgIpc) is 3.08. The molecule has 146 valence electrons. The van der Waals surface area contributed by atoms with Gasteiger partial charge in [0, 0.05) is 17.5 Å². The van der Waals surface area contributed by atoms with E-state index in [1.807, 2.05) is 30.4 Å². The number of benzene rings is 1. The minimum Gasteiger partial charge on any atom is -0.490 e. The van der Waals surface area contributed by atoms with E-state index in [0.29, 0.717) is 24.1 Å². The summed E-state index contributed by atoms with van der Waals surface area (Å²) in [6.07, 6.45) is 5.02. The highest BCUT2D eigenvalue weighted by Gasteiger charge is 2.23. The number of hydrogen-bond acceptors (Lipinski definition) is 5. The molecule has 2 heterocycles. The molecular weight excluding hydrogens is 360 g/mol. The van der Waals surface area contributed by atoms with E-state index in [-0.39, 0.29) is 6.61 Å². The molecule has 0 saturated carbocycles. The van der Waals surface area contributed by atoms with Gasteiger partial charge in [-0.05, 0) is 55.5 Å². The SMILES string of the molecule is CCOc1cc(CN2CCCCC[C@H]2c2cccs2)ccc1OCC(N)=O. The molecule has 0 bridgehead atoms. The molecular formula is C21H28N2O3S. The van der Waals surface area contributed by atoms with Gasteiger partial charge in [-0.25, -0.2) is 0 Å². The molecule has 1 aliphatic rings. The summed E-state index contributed by atoms with van der Waals surface area (Å²) >= 11 is 1.85. The Balaban J connectivity index is 1.77. The lowest BCUT2D eigenvalue weighted by molar-refractivity contribution is -0.119. The predicted octanol–water partition coefficient (Wildman–Crippen LogP) is 4.13. The first-order valence-corrected chi connectivity index (χ1v) is 10.5. The van der Waals surface area contributed by atoms with Crippen LogP contribution < -0.4 is 15.2 Å². The maximum atomic E-state index is 11.0. The van der Waals surface area contributed by atoms with Gasteiger partial charge in [-0.15, -0.1) is 11.3 Å². The topological polar surface area (TPSA) is 64.8 Å². The number of carbonyl (C=O) groups is 1. The first kappa shape index (κ1) is 19.7. The molecule has 5 nitrogen and oxygen atoms in total. The van der Waals surface area contributed by atoms with Crippen molar-refractivity contribution >= 4 is 17.2 Å². The standard InChI is InChI=1S/C21H28N2O3S/c1-2-25-19-13-16(9-10-18(19)26-15-21(22)24)14-23-11-5-3-4-7-17(23)20-8-6-12-27-20/h6,8-10,12-13,17H,2-5,7,11,14-15H2,1H3,(H2,22,24)/t17-/m0/s1. The zero-order valence-corrected chi connectivity index (χ0v) is 16.7. The van der Waals surface area contributed by atoms with Crippen molar-refractivity contribution in [2.45, 2.75) is 45.2 Å². The Morgan fingerprint density at radius 3 is 2.85 bits per heavy atom. The highest BCUT2D eigenvalue weighted by molar-refractivity contribution is 7.10. The van der Waals surface area contributed by atoms with Gasteiger partial charge >= 0.3 is 0 Å². The van der Waals surface area contributed by atoms with Gasteiger partial charge in [0.1, 0.15) is 0 Å². The second-order valence-corrected chi connectivity index (χ2v) is 7.80. The molecule has 0 spiro atoms. The van der Waals surface area contributed by atoms with Crippen LogP contribution in [0.5, 0.6) is 11.5 Å². The Morgan fingerprint density at radius 2 is 2.11 bits per heavy atom. The number of carbonyl (C=O) groups excluding carboxylic acids is 1. The van der Waals surface area contributed by atoms with Crippen molar-refractivity contribution in [3.05, 3.63) is 46.2 Å². The third-order valence-corrected chi connectivity index (χ3v) is 5.77. The molecule has 1 aromatic heterocycles. The summed E-state index contributed by atoms with van der Waals surface area (Å²) in [5.41, 5.74) is 6.37. The van der Waals surface area contributed by atoms with E-state index < -0.39 is 5.91 Å². The molecule has 2 N–H and O–H groups in total. The normalized spacial score (nSPS) is 18.0. The summed E-state index contributed by atoms with van der Waals surface area (Å²) in [4.78, 5) is 15.0. The number of nitrogens with two attached hydrogens (primary N) is 1. The average molecular weight is 389 g/mol. The summed E-state index contributed by atoms with van der Waals surface area (Å²) in [6.45, 7) is 4.31. The second-order valence-electron chi connectivity index (χ2n) is 6.82. The largest absolute Gasteiger partial charge is 0.490 e. The van der Waals surface area contributed by atoms with Crippen LogP contribution in [0, 0.1) is 0 Å². The van der Waals surface area contributed by atoms with Crippen molar-refractivity contribution in [2.24, 2.45) is 5.73 Å². The fraction of sp³-hybridized carbons (Fsp3) is 0.476. The molecule has 1 aliphatic heterocycles. The number of hydrogen-bond donors (Lipinski definition) is 1. The van der Waals surface area contributed by atoms with Crippen LogP contribution in [0.3, 0.4) is 0 Å². The van der Waals surface area contributed by atoms with Crippen LogP contribution in [0.2, 0.25) is 0 Å². The van der Waals surface area contributed by atoms with E-state index in [1.54, 1.807) is 0 Å². The van der Waals surface area contributed by atoms with E-state index in [2.05, 4.69) is 28.5 Å². The number of ether oxygens (including phenoxy) is 2. The predicted molar refractivity (Wildman–Crippen MR) is 108 cm³/mol. The van der Waals surface area contributed by atoms with Crippen LogP contribution in [-0.4, -0.2) is 30.6 Å². The monoisotopic (exact) mass is 388 g/mol. The van der Waals surface area contributed by atoms with Crippen molar-refractivity contribution < 1.29 is 14.3 Å². The number of nitrogens with zero attached hydrogens (tertiary/aromatic N) is 1. The first-order chi connectivity index (χ1) is 13.2. The van der Waals surface area contributed by atoms with Crippen LogP contribution in [0.1, 0.15) is 49.1 Å². The van der Waals surface area contributed by atoms with E-state index in [0.717, 1.165) is 13.1 Å². The number of primary amides is 1. The lowest BCUT2D eigenvalue weighted by Crippen LogP contribution is -2.27. The fourth-order valence-corrected chi connectivity index (χ4v) is 4.48. The molecule has 0 unspecified atom stereocenters. The van der Waals surface area contributed by atoms with Crippen LogP contribution in [0.15, 0.2) is 35.7 Å². The molecule has 0 radical (unpaired) electrons. The van der Waals surface area contributed by atoms with E-state index in [4.69, 9.17) is 15.2 Å². The summed E-state index contributed by atoms with van der Waals surface area (Å²) < 4.78 is 11.2. The van der Waals surface area contributed by atoms with Gasteiger partial charge in [0.25, 0.3) is 5.91 Å². The zero-order valence-electron chi connectivity index (χ0n) is 15.9. The highest BCUT2D eigenvalue weighted by Crippen LogP contribution is 2.35. The lowest BCUT2D eigenvalue weighted by Gasteiger charge is -2.29. The summed E-state index contributed by atoms with van der Waals surface area (Å²) in [5, 5.41) is 2.16. The minimum atomic E-state index is -0.495. The van der Waals surface area contributed by atoms with Crippen molar-refractivity contribution in [2.75, 3.05) is 19.8 Å². The molecule has 6 heteroatoms. The molecule has 3 rings (SSSR count). The van der Waals surface area contributed by atoms with Gasteiger partial charge in [0.05, 0.1) is 6.61 Å². The summed E-state index contributed by atoms with van der Waals surface area (Å²) in [5.74, 6) is 0.730. The maximum absolute atomic E-state index is 11.0. The van der Waals surface area contributed by atoms with E-state index >= 15 is 0 Å². The van der Waals surface area contributed by atoms with Gasteiger partial charge < -0.3 is 15.2 Å². The fourth-order valence-electron chi connectivity index (χ4n) is 3.58. The van der Waals surface area contributed by atoms with Crippen molar-refractivity contribution in [3.63, 3.8) is 0 Å². The van der Waals surface area contributed by atoms with Crippen molar-refractivity contribution in [1.82, 2.24) is 4.90 Å². The van der Waals surface area contributed by atoms with E-state index in [9.17, 15) is 4.79 Å². The lowest BCUT2D eigenvalue weighted by atomic mass is 10.1. The Bertz CT molecular complexity index is 733. The van der Waals surface area contributed by atoms with E-state index in [1.165, 1.54) is 36.1 Å². The molecule has 1 atom stereocenters. The van der Waals surface area contributed by atoms with Gasteiger partial charge in [-0.1, -0.05) is 25.0 Å². The minimum absolute atomic E-state index is 0.147.